The quantitative estimate of drug-likeness (QED) is 0.569. The second-order valence-corrected chi connectivity index (χ2v) is 3.66. The van der Waals surface area contributed by atoms with Crippen molar-refractivity contribution in [2.24, 2.45) is 5.92 Å². The Morgan fingerprint density at radius 3 is 2.31 bits per heavy atom. The van der Waals surface area contributed by atoms with E-state index in [2.05, 4.69) is 20.4 Å². The van der Waals surface area contributed by atoms with Crippen LogP contribution < -0.4 is 0 Å². The minimum absolute atomic E-state index is 0.0994. The molecule has 2 nitrogen and oxygen atoms in total. The molecule has 0 spiro atoms. The molecule has 0 aliphatic carbocycles. The van der Waals surface area contributed by atoms with Crippen molar-refractivity contribution in [2.45, 2.75) is 32.3 Å². The lowest BCUT2D eigenvalue weighted by Crippen LogP contribution is -2.38. The molecule has 0 radical (unpaired) electrons. The van der Waals surface area contributed by atoms with E-state index in [0.29, 0.717) is 5.92 Å². The van der Waals surface area contributed by atoms with Crippen LogP contribution in [-0.2, 0) is 9.47 Å². The standard InChI is InChI=1S/C11H22O2/c1-6-7-11(13-5,10(2)3)8-9-12-4/h6,10H,1,7-9H2,2-5H3. The van der Waals surface area contributed by atoms with Crippen LogP contribution >= 0.6 is 0 Å². The Morgan fingerprint density at radius 1 is 1.38 bits per heavy atom. The maximum absolute atomic E-state index is 5.59. The number of rotatable bonds is 7. The largest absolute Gasteiger partial charge is 0.385 e. The molecule has 0 heterocycles. The zero-order chi connectivity index (χ0) is 10.3. The molecule has 0 aromatic heterocycles. The van der Waals surface area contributed by atoms with Crippen molar-refractivity contribution >= 4 is 0 Å². The molecule has 0 aliphatic heterocycles. The molecule has 0 aromatic carbocycles. The van der Waals surface area contributed by atoms with Crippen molar-refractivity contribution in [3.8, 4) is 0 Å². The average molecular weight is 186 g/mol. The summed E-state index contributed by atoms with van der Waals surface area (Å²) in [6.07, 6.45) is 3.72. The van der Waals surface area contributed by atoms with E-state index < -0.39 is 0 Å². The van der Waals surface area contributed by atoms with E-state index >= 15 is 0 Å². The van der Waals surface area contributed by atoms with Crippen LogP contribution in [0.4, 0.5) is 0 Å². The maximum Gasteiger partial charge on any atom is 0.0757 e. The van der Waals surface area contributed by atoms with Crippen molar-refractivity contribution in [3.05, 3.63) is 12.7 Å². The molecule has 0 rings (SSSR count). The fourth-order valence-corrected chi connectivity index (χ4v) is 1.57. The molecule has 0 fully saturated rings. The summed E-state index contributed by atoms with van der Waals surface area (Å²) in [7, 11) is 3.48. The van der Waals surface area contributed by atoms with Crippen LogP contribution in [0, 0.1) is 5.92 Å². The normalized spacial score (nSPS) is 15.8. The molecule has 78 valence electrons. The van der Waals surface area contributed by atoms with Gasteiger partial charge in [0, 0.05) is 27.2 Å². The topological polar surface area (TPSA) is 18.5 Å². The van der Waals surface area contributed by atoms with E-state index in [0.717, 1.165) is 19.4 Å². The minimum atomic E-state index is -0.0994. The highest BCUT2D eigenvalue weighted by Gasteiger charge is 2.31. The first kappa shape index (κ1) is 12.7. The van der Waals surface area contributed by atoms with Gasteiger partial charge in [-0.1, -0.05) is 19.9 Å². The van der Waals surface area contributed by atoms with Gasteiger partial charge >= 0.3 is 0 Å². The molecule has 2 heteroatoms. The number of hydrogen-bond donors (Lipinski definition) is 0. The zero-order valence-electron chi connectivity index (χ0n) is 9.30. The van der Waals surface area contributed by atoms with E-state index in [1.54, 1.807) is 14.2 Å². The van der Waals surface area contributed by atoms with E-state index in [1.165, 1.54) is 0 Å². The van der Waals surface area contributed by atoms with Crippen LogP contribution in [-0.4, -0.2) is 26.4 Å². The first-order valence-corrected chi connectivity index (χ1v) is 4.78. The SMILES string of the molecule is C=CCC(CCOC)(OC)C(C)C. The molecular weight excluding hydrogens is 164 g/mol. The Hall–Kier alpha value is -0.340. The van der Waals surface area contributed by atoms with Gasteiger partial charge in [-0.3, -0.25) is 0 Å². The summed E-state index contributed by atoms with van der Waals surface area (Å²) in [4.78, 5) is 0. The highest BCUT2D eigenvalue weighted by molar-refractivity contribution is 4.90. The molecular formula is C11H22O2. The van der Waals surface area contributed by atoms with E-state index in [-0.39, 0.29) is 5.60 Å². The summed E-state index contributed by atoms with van der Waals surface area (Å²) >= 11 is 0. The highest BCUT2D eigenvalue weighted by atomic mass is 16.5. The first-order chi connectivity index (χ1) is 6.13. The van der Waals surface area contributed by atoms with Crippen LogP contribution in [0.5, 0.6) is 0 Å². The Balaban J connectivity index is 4.34. The van der Waals surface area contributed by atoms with E-state index in [4.69, 9.17) is 9.47 Å². The third-order valence-corrected chi connectivity index (χ3v) is 2.68. The van der Waals surface area contributed by atoms with Crippen molar-refractivity contribution in [1.82, 2.24) is 0 Å². The molecule has 0 N–H and O–H groups in total. The fourth-order valence-electron chi connectivity index (χ4n) is 1.57. The summed E-state index contributed by atoms with van der Waals surface area (Å²) in [6.45, 7) is 8.84. The van der Waals surface area contributed by atoms with Gasteiger partial charge in [0.15, 0.2) is 0 Å². The molecule has 1 unspecified atom stereocenters. The van der Waals surface area contributed by atoms with Crippen molar-refractivity contribution in [1.29, 1.82) is 0 Å². The summed E-state index contributed by atoms with van der Waals surface area (Å²) in [6, 6.07) is 0. The zero-order valence-corrected chi connectivity index (χ0v) is 9.30. The average Bonchev–Trinajstić information content (AvgIpc) is 2.12. The second-order valence-electron chi connectivity index (χ2n) is 3.66. The van der Waals surface area contributed by atoms with E-state index in [1.807, 2.05) is 6.08 Å². The Bertz CT molecular complexity index is 143. The van der Waals surface area contributed by atoms with Crippen LogP contribution in [0.2, 0.25) is 0 Å². The monoisotopic (exact) mass is 186 g/mol. The van der Waals surface area contributed by atoms with Crippen LogP contribution in [0.3, 0.4) is 0 Å². The van der Waals surface area contributed by atoms with Gasteiger partial charge in [0.2, 0.25) is 0 Å². The van der Waals surface area contributed by atoms with Crippen molar-refractivity contribution < 1.29 is 9.47 Å². The third kappa shape index (κ3) is 3.49. The van der Waals surface area contributed by atoms with Gasteiger partial charge in [-0.2, -0.15) is 0 Å². The molecule has 13 heavy (non-hydrogen) atoms. The molecule has 0 bridgehead atoms. The van der Waals surface area contributed by atoms with Gasteiger partial charge in [-0.15, -0.1) is 6.58 Å². The van der Waals surface area contributed by atoms with Gasteiger partial charge in [0.1, 0.15) is 0 Å². The second kappa shape index (κ2) is 6.17. The van der Waals surface area contributed by atoms with Gasteiger partial charge < -0.3 is 9.47 Å². The van der Waals surface area contributed by atoms with Crippen LogP contribution in [0.15, 0.2) is 12.7 Å². The Labute approximate surface area is 81.9 Å². The van der Waals surface area contributed by atoms with Gasteiger partial charge in [-0.25, -0.2) is 0 Å². The smallest absolute Gasteiger partial charge is 0.0757 e. The van der Waals surface area contributed by atoms with E-state index in [9.17, 15) is 0 Å². The minimum Gasteiger partial charge on any atom is -0.385 e. The molecule has 0 saturated carbocycles. The highest BCUT2D eigenvalue weighted by Crippen LogP contribution is 2.29. The summed E-state index contributed by atoms with van der Waals surface area (Å²) in [5.41, 5.74) is -0.0994. The van der Waals surface area contributed by atoms with Gasteiger partial charge in [0.05, 0.1) is 5.60 Å². The lowest BCUT2D eigenvalue weighted by molar-refractivity contribution is -0.0642. The number of methoxy groups -OCH3 is 2. The summed E-state index contributed by atoms with van der Waals surface area (Å²) < 4.78 is 10.7. The summed E-state index contributed by atoms with van der Waals surface area (Å²) in [5, 5.41) is 0. The molecule has 0 aromatic rings. The Kier molecular flexibility index (Phi) is 6.00. The molecule has 0 aliphatic rings. The lowest BCUT2D eigenvalue weighted by atomic mass is 9.84. The number of hydrogen-bond acceptors (Lipinski definition) is 2. The lowest BCUT2D eigenvalue weighted by Gasteiger charge is -2.35. The Morgan fingerprint density at radius 2 is 2.00 bits per heavy atom. The predicted octanol–water partition coefficient (Wildman–Crippen LogP) is 2.64. The molecule has 0 amide bonds. The molecule has 0 saturated heterocycles. The third-order valence-electron chi connectivity index (χ3n) is 2.68. The van der Waals surface area contributed by atoms with Crippen LogP contribution in [0.1, 0.15) is 26.7 Å². The van der Waals surface area contributed by atoms with Gasteiger partial charge in [0.25, 0.3) is 0 Å². The van der Waals surface area contributed by atoms with Gasteiger partial charge in [-0.05, 0) is 12.3 Å². The first-order valence-electron chi connectivity index (χ1n) is 4.78. The fraction of sp³-hybridized carbons (Fsp3) is 0.818. The van der Waals surface area contributed by atoms with Crippen molar-refractivity contribution in [3.63, 3.8) is 0 Å². The molecule has 1 atom stereocenters. The van der Waals surface area contributed by atoms with Crippen LogP contribution in [0.25, 0.3) is 0 Å². The summed E-state index contributed by atoms with van der Waals surface area (Å²) in [5.74, 6) is 0.477. The maximum atomic E-state index is 5.59. The van der Waals surface area contributed by atoms with Crippen molar-refractivity contribution in [2.75, 3.05) is 20.8 Å². The number of ether oxygens (including phenoxy) is 2. The predicted molar refractivity (Wildman–Crippen MR) is 55.9 cm³/mol.